The van der Waals surface area contributed by atoms with Crippen molar-refractivity contribution < 1.29 is 9.53 Å². The minimum Gasteiger partial charge on any atom is -0.462 e. The first-order valence-electron chi connectivity index (χ1n) is 8.99. The van der Waals surface area contributed by atoms with E-state index in [4.69, 9.17) is 16.3 Å². The van der Waals surface area contributed by atoms with E-state index >= 15 is 0 Å². The van der Waals surface area contributed by atoms with Crippen LogP contribution in [0.15, 0.2) is 60.8 Å². The van der Waals surface area contributed by atoms with E-state index in [2.05, 4.69) is 20.6 Å². The van der Waals surface area contributed by atoms with Crippen molar-refractivity contribution in [1.29, 1.82) is 0 Å². The van der Waals surface area contributed by atoms with Gasteiger partial charge in [-0.1, -0.05) is 23.7 Å². The number of hydrogen-bond donors (Lipinski definition) is 2. The number of halogens is 1. The average molecular weight is 397 g/mol. The molecular formula is C21H21ClN4O2. The van der Waals surface area contributed by atoms with Crippen molar-refractivity contribution in [3.63, 3.8) is 0 Å². The Labute approximate surface area is 168 Å². The zero-order chi connectivity index (χ0) is 19.8. The van der Waals surface area contributed by atoms with Crippen molar-refractivity contribution in [2.45, 2.75) is 13.3 Å². The van der Waals surface area contributed by atoms with E-state index in [9.17, 15) is 4.79 Å². The third kappa shape index (κ3) is 5.69. The van der Waals surface area contributed by atoms with E-state index in [1.807, 2.05) is 24.3 Å². The van der Waals surface area contributed by atoms with Gasteiger partial charge >= 0.3 is 5.97 Å². The number of rotatable bonds is 8. The first-order chi connectivity index (χ1) is 13.6. The van der Waals surface area contributed by atoms with Crippen molar-refractivity contribution in [1.82, 2.24) is 9.97 Å². The Bertz CT molecular complexity index is 932. The zero-order valence-corrected chi connectivity index (χ0v) is 16.2. The van der Waals surface area contributed by atoms with Crippen LogP contribution in [0.5, 0.6) is 0 Å². The van der Waals surface area contributed by atoms with Gasteiger partial charge in [0.1, 0.15) is 5.82 Å². The lowest BCUT2D eigenvalue weighted by molar-refractivity contribution is 0.0526. The second kappa shape index (κ2) is 9.71. The maximum atomic E-state index is 11.7. The average Bonchev–Trinajstić information content (AvgIpc) is 2.69. The van der Waals surface area contributed by atoms with Crippen molar-refractivity contribution in [3.05, 3.63) is 76.9 Å². The molecule has 0 atom stereocenters. The summed E-state index contributed by atoms with van der Waals surface area (Å²) in [5.74, 6) is 0.863. The Balaban J connectivity index is 1.56. The number of benzene rings is 2. The van der Waals surface area contributed by atoms with Gasteiger partial charge in [-0.05, 0) is 61.4 Å². The summed E-state index contributed by atoms with van der Waals surface area (Å²) in [7, 11) is 0. The summed E-state index contributed by atoms with van der Waals surface area (Å²) in [5.41, 5.74) is 2.48. The third-order valence-corrected chi connectivity index (χ3v) is 4.14. The van der Waals surface area contributed by atoms with Crippen LogP contribution in [-0.2, 0) is 11.2 Å². The molecule has 2 N–H and O–H groups in total. The van der Waals surface area contributed by atoms with Gasteiger partial charge in [0.2, 0.25) is 5.95 Å². The van der Waals surface area contributed by atoms with Gasteiger partial charge in [0, 0.05) is 23.5 Å². The SMILES string of the molecule is CCOC(=O)c1ccc(Nc2ccnc(NCCc3cccc(Cl)c3)n2)cc1. The van der Waals surface area contributed by atoms with Crippen LogP contribution < -0.4 is 10.6 Å². The second-order valence-corrected chi connectivity index (χ2v) is 6.43. The van der Waals surface area contributed by atoms with Crippen molar-refractivity contribution >= 4 is 35.0 Å². The van der Waals surface area contributed by atoms with Crippen LogP contribution in [0, 0.1) is 0 Å². The highest BCUT2D eigenvalue weighted by Gasteiger charge is 2.06. The Kier molecular flexibility index (Phi) is 6.81. The maximum Gasteiger partial charge on any atom is 0.338 e. The monoisotopic (exact) mass is 396 g/mol. The highest BCUT2D eigenvalue weighted by Crippen LogP contribution is 2.17. The summed E-state index contributed by atoms with van der Waals surface area (Å²) in [5, 5.41) is 7.14. The largest absolute Gasteiger partial charge is 0.462 e. The Morgan fingerprint density at radius 2 is 1.96 bits per heavy atom. The number of anilines is 3. The van der Waals surface area contributed by atoms with Crippen LogP contribution in [0.2, 0.25) is 5.02 Å². The Morgan fingerprint density at radius 3 is 2.71 bits per heavy atom. The summed E-state index contributed by atoms with van der Waals surface area (Å²) < 4.78 is 4.98. The number of nitrogens with one attached hydrogen (secondary N) is 2. The standard InChI is InChI=1S/C21H21ClN4O2/c1-2-28-20(27)16-6-8-18(9-7-16)25-19-11-13-24-21(26-19)23-12-10-15-4-3-5-17(22)14-15/h3-9,11,13-14H,2,10,12H2,1H3,(H2,23,24,25,26). The van der Waals surface area contributed by atoms with E-state index in [0.29, 0.717) is 30.5 Å². The molecular weight excluding hydrogens is 376 g/mol. The molecule has 0 aliphatic rings. The van der Waals surface area contributed by atoms with Gasteiger partial charge in [-0.15, -0.1) is 0 Å². The third-order valence-electron chi connectivity index (χ3n) is 3.91. The highest BCUT2D eigenvalue weighted by atomic mass is 35.5. The molecule has 1 aromatic heterocycles. The van der Waals surface area contributed by atoms with Crippen LogP contribution in [-0.4, -0.2) is 29.1 Å². The fraction of sp³-hybridized carbons (Fsp3) is 0.190. The summed E-state index contributed by atoms with van der Waals surface area (Å²) in [6.07, 6.45) is 2.50. The number of esters is 1. The van der Waals surface area contributed by atoms with Crippen molar-refractivity contribution in [3.8, 4) is 0 Å². The molecule has 0 fully saturated rings. The van der Waals surface area contributed by atoms with Crippen LogP contribution in [0.1, 0.15) is 22.8 Å². The number of ether oxygens (including phenoxy) is 1. The molecule has 0 amide bonds. The normalized spacial score (nSPS) is 10.4. The smallest absolute Gasteiger partial charge is 0.338 e. The lowest BCUT2D eigenvalue weighted by Gasteiger charge is -2.09. The predicted octanol–water partition coefficient (Wildman–Crippen LogP) is 4.70. The van der Waals surface area contributed by atoms with Gasteiger partial charge < -0.3 is 15.4 Å². The molecule has 1 heterocycles. The lowest BCUT2D eigenvalue weighted by atomic mass is 10.1. The molecule has 0 saturated heterocycles. The lowest BCUT2D eigenvalue weighted by Crippen LogP contribution is -2.08. The topological polar surface area (TPSA) is 76.1 Å². The quantitative estimate of drug-likeness (QED) is 0.537. The zero-order valence-electron chi connectivity index (χ0n) is 15.5. The first kappa shape index (κ1) is 19.6. The van der Waals surface area contributed by atoms with Gasteiger partial charge in [0.05, 0.1) is 12.2 Å². The van der Waals surface area contributed by atoms with E-state index in [0.717, 1.165) is 22.7 Å². The van der Waals surface area contributed by atoms with Crippen molar-refractivity contribution in [2.24, 2.45) is 0 Å². The number of nitrogens with zero attached hydrogens (tertiary/aromatic N) is 2. The first-order valence-corrected chi connectivity index (χ1v) is 9.37. The Morgan fingerprint density at radius 1 is 1.14 bits per heavy atom. The summed E-state index contributed by atoms with van der Waals surface area (Å²) in [4.78, 5) is 20.4. The van der Waals surface area contributed by atoms with E-state index < -0.39 is 0 Å². The molecule has 0 radical (unpaired) electrons. The van der Waals surface area contributed by atoms with Gasteiger partial charge in [-0.2, -0.15) is 4.98 Å². The van der Waals surface area contributed by atoms with Crippen LogP contribution in [0.3, 0.4) is 0 Å². The number of carbonyl (C=O) groups excluding carboxylic acids is 1. The molecule has 3 rings (SSSR count). The van der Waals surface area contributed by atoms with Gasteiger partial charge in [-0.25, -0.2) is 9.78 Å². The molecule has 0 aliphatic heterocycles. The molecule has 2 aromatic carbocycles. The summed E-state index contributed by atoms with van der Waals surface area (Å²) in [6.45, 7) is 2.83. The van der Waals surface area contributed by atoms with Gasteiger partial charge in [-0.3, -0.25) is 0 Å². The molecule has 3 aromatic rings. The summed E-state index contributed by atoms with van der Waals surface area (Å²) in [6, 6.07) is 16.6. The van der Waals surface area contributed by atoms with E-state index in [-0.39, 0.29) is 5.97 Å². The minimum atomic E-state index is -0.331. The van der Waals surface area contributed by atoms with Crippen LogP contribution in [0.25, 0.3) is 0 Å². The molecule has 0 saturated carbocycles. The van der Waals surface area contributed by atoms with Gasteiger partial charge in [0.25, 0.3) is 0 Å². The highest BCUT2D eigenvalue weighted by molar-refractivity contribution is 6.30. The number of carbonyl (C=O) groups is 1. The molecule has 6 nitrogen and oxygen atoms in total. The van der Waals surface area contributed by atoms with Gasteiger partial charge in [0.15, 0.2) is 0 Å². The minimum absolute atomic E-state index is 0.331. The van der Waals surface area contributed by atoms with E-state index in [1.165, 1.54) is 0 Å². The summed E-state index contributed by atoms with van der Waals surface area (Å²) >= 11 is 6.00. The van der Waals surface area contributed by atoms with Crippen LogP contribution >= 0.6 is 11.6 Å². The molecule has 0 spiro atoms. The molecule has 144 valence electrons. The molecule has 7 heteroatoms. The van der Waals surface area contributed by atoms with Crippen molar-refractivity contribution in [2.75, 3.05) is 23.8 Å². The number of aromatic nitrogens is 2. The second-order valence-electron chi connectivity index (χ2n) is 6.00. The predicted molar refractivity (Wildman–Crippen MR) is 111 cm³/mol. The molecule has 0 unspecified atom stereocenters. The fourth-order valence-corrected chi connectivity index (χ4v) is 2.79. The van der Waals surface area contributed by atoms with E-state index in [1.54, 1.807) is 43.5 Å². The number of hydrogen-bond acceptors (Lipinski definition) is 6. The maximum absolute atomic E-state index is 11.7. The molecule has 28 heavy (non-hydrogen) atoms. The molecule has 0 bridgehead atoms. The van der Waals surface area contributed by atoms with Crippen LogP contribution in [0.4, 0.5) is 17.5 Å². The fourth-order valence-electron chi connectivity index (χ4n) is 2.58. The molecule has 0 aliphatic carbocycles. The Hall–Kier alpha value is -3.12.